The minimum atomic E-state index is -0.0815. The Morgan fingerprint density at radius 1 is 1.26 bits per heavy atom. The summed E-state index contributed by atoms with van der Waals surface area (Å²) in [6.07, 6.45) is 0.828. The van der Waals surface area contributed by atoms with Gasteiger partial charge in [-0.05, 0) is 45.4 Å². The number of nitrogens with zero attached hydrogens (tertiary/aromatic N) is 2. The third kappa shape index (κ3) is 3.99. The van der Waals surface area contributed by atoms with Crippen molar-refractivity contribution in [3.05, 3.63) is 52.3 Å². The van der Waals surface area contributed by atoms with Crippen LogP contribution >= 0.6 is 0 Å². The fourth-order valence-corrected chi connectivity index (χ4v) is 2.72. The number of rotatable bonds is 6. The molecule has 0 saturated heterocycles. The Kier molecular flexibility index (Phi) is 5.55. The van der Waals surface area contributed by atoms with Crippen LogP contribution in [-0.2, 0) is 6.42 Å². The molecule has 0 bridgehead atoms. The Bertz CT molecular complexity index is 671. The zero-order valence-electron chi connectivity index (χ0n) is 14.4. The van der Waals surface area contributed by atoms with Crippen LogP contribution in [0.3, 0.4) is 0 Å². The van der Waals surface area contributed by atoms with Gasteiger partial charge in [0.15, 0.2) is 0 Å². The standard InChI is InChI=1S/C18H26N4O/c1-12(2)22-14(4)17(13(3)21-22)11-15-5-7-16(8-6-15)18(23)20-10-9-19/h5-8,12H,9-11,19H2,1-4H3,(H,20,23). The molecule has 0 radical (unpaired) electrons. The highest BCUT2D eigenvalue weighted by molar-refractivity contribution is 5.94. The molecule has 0 atom stereocenters. The van der Waals surface area contributed by atoms with Gasteiger partial charge in [0.05, 0.1) is 5.69 Å². The molecule has 124 valence electrons. The third-order valence-corrected chi connectivity index (χ3v) is 3.99. The second kappa shape index (κ2) is 7.42. The lowest BCUT2D eigenvalue weighted by atomic mass is 10.0. The van der Waals surface area contributed by atoms with E-state index >= 15 is 0 Å². The van der Waals surface area contributed by atoms with Gasteiger partial charge in [-0.15, -0.1) is 0 Å². The highest BCUT2D eigenvalue weighted by atomic mass is 16.1. The van der Waals surface area contributed by atoms with Crippen LogP contribution in [0.5, 0.6) is 0 Å². The number of benzene rings is 1. The number of nitrogens with one attached hydrogen (secondary N) is 1. The molecule has 0 unspecified atom stereocenters. The molecule has 5 nitrogen and oxygen atoms in total. The first-order valence-electron chi connectivity index (χ1n) is 8.05. The maximum absolute atomic E-state index is 11.9. The smallest absolute Gasteiger partial charge is 0.251 e. The van der Waals surface area contributed by atoms with Crippen molar-refractivity contribution < 1.29 is 4.79 Å². The molecule has 1 amide bonds. The van der Waals surface area contributed by atoms with E-state index in [1.807, 2.05) is 24.3 Å². The van der Waals surface area contributed by atoms with Crippen LogP contribution < -0.4 is 11.1 Å². The van der Waals surface area contributed by atoms with Gasteiger partial charge in [0, 0.05) is 42.4 Å². The van der Waals surface area contributed by atoms with Crippen LogP contribution in [0.4, 0.5) is 0 Å². The number of aromatic nitrogens is 2. The Balaban J connectivity index is 2.14. The molecular weight excluding hydrogens is 288 g/mol. The Morgan fingerprint density at radius 3 is 2.43 bits per heavy atom. The van der Waals surface area contributed by atoms with Crippen molar-refractivity contribution in [1.82, 2.24) is 15.1 Å². The number of aryl methyl sites for hydroxylation is 1. The van der Waals surface area contributed by atoms with E-state index in [-0.39, 0.29) is 5.91 Å². The average molecular weight is 314 g/mol. The van der Waals surface area contributed by atoms with E-state index in [0.717, 1.165) is 12.1 Å². The molecule has 23 heavy (non-hydrogen) atoms. The van der Waals surface area contributed by atoms with Gasteiger partial charge in [0.2, 0.25) is 0 Å². The van der Waals surface area contributed by atoms with Gasteiger partial charge in [-0.3, -0.25) is 9.48 Å². The highest BCUT2D eigenvalue weighted by Gasteiger charge is 2.14. The van der Waals surface area contributed by atoms with E-state index < -0.39 is 0 Å². The summed E-state index contributed by atoms with van der Waals surface area (Å²) in [6, 6.07) is 8.08. The summed E-state index contributed by atoms with van der Waals surface area (Å²) in [7, 11) is 0. The summed E-state index contributed by atoms with van der Waals surface area (Å²) in [4.78, 5) is 11.9. The first kappa shape index (κ1) is 17.2. The largest absolute Gasteiger partial charge is 0.351 e. The van der Waals surface area contributed by atoms with Crippen LogP contribution in [0.25, 0.3) is 0 Å². The van der Waals surface area contributed by atoms with Crippen LogP contribution in [0.1, 0.15) is 52.8 Å². The second-order valence-electron chi connectivity index (χ2n) is 6.11. The van der Waals surface area contributed by atoms with Crippen molar-refractivity contribution in [2.75, 3.05) is 13.1 Å². The quantitative estimate of drug-likeness (QED) is 0.859. The second-order valence-corrected chi connectivity index (χ2v) is 6.11. The van der Waals surface area contributed by atoms with E-state index in [1.54, 1.807) is 0 Å². The van der Waals surface area contributed by atoms with Gasteiger partial charge in [0.25, 0.3) is 5.91 Å². The summed E-state index contributed by atoms with van der Waals surface area (Å²) in [5.41, 5.74) is 10.8. The molecule has 0 fully saturated rings. The first-order chi connectivity index (χ1) is 10.9. The van der Waals surface area contributed by atoms with Gasteiger partial charge in [0.1, 0.15) is 0 Å². The maximum atomic E-state index is 11.9. The minimum absolute atomic E-state index is 0.0815. The Labute approximate surface area is 137 Å². The molecule has 5 heteroatoms. The van der Waals surface area contributed by atoms with Gasteiger partial charge in [-0.2, -0.15) is 5.10 Å². The van der Waals surface area contributed by atoms with Gasteiger partial charge in [-0.25, -0.2) is 0 Å². The summed E-state index contributed by atoms with van der Waals surface area (Å²) in [5.74, 6) is -0.0815. The number of amides is 1. The topological polar surface area (TPSA) is 72.9 Å². The van der Waals surface area contributed by atoms with Crippen molar-refractivity contribution >= 4 is 5.91 Å². The van der Waals surface area contributed by atoms with E-state index in [9.17, 15) is 4.79 Å². The van der Waals surface area contributed by atoms with Crippen LogP contribution in [0, 0.1) is 13.8 Å². The zero-order valence-corrected chi connectivity index (χ0v) is 14.4. The van der Waals surface area contributed by atoms with Gasteiger partial charge < -0.3 is 11.1 Å². The normalized spacial score (nSPS) is 11.0. The van der Waals surface area contributed by atoms with E-state index in [4.69, 9.17) is 5.73 Å². The maximum Gasteiger partial charge on any atom is 0.251 e. The first-order valence-corrected chi connectivity index (χ1v) is 8.05. The lowest BCUT2D eigenvalue weighted by Crippen LogP contribution is -2.28. The summed E-state index contributed by atoms with van der Waals surface area (Å²) in [6.45, 7) is 9.38. The summed E-state index contributed by atoms with van der Waals surface area (Å²) < 4.78 is 2.07. The molecule has 1 aromatic heterocycles. The van der Waals surface area contributed by atoms with Crippen molar-refractivity contribution in [1.29, 1.82) is 0 Å². The lowest BCUT2D eigenvalue weighted by molar-refractivity contribution is 0.0955. The number of carbonyl (C=O) groups excluding carboxylic acids is 1. The molecule has 3 N–H and O–H groups in total. The van der Waals surface area contributed by atoms with Crippen molar-refractivity contribution in [3.63, 3.8) is 0 Å². The Hall–Kier alpha value is -2.14. The minimum Gasteiger partial charge on any atom is -0.351 e. The molecule has 1 heterocycles. The van der Waals surface area contributed by atoms with E-state index in [2.05, 4.69) is 42.8 Å². The number of hydrogen-bond donors (Lipinski definition) is 2. The summed E-state index contributed by atoms with van der Waals surface area (Å²) in [5, 5.41) is 7.40. The van der Waals surface area contributed by atoms with Gasteiger partial charge >= 0.3 is 0 Å². The number of hydrogen-bond acceptors (Lipinski definition) is 3. The van der Waals surface area contributed by atoms with Gasteiger partial charge in [-0.1, -0.05) is 12.1 Å². The molecule has 1 aromatic carbocycles. The van der Waals surface area contributed by atoms with Crippen LogP contribution in [-0.4, -0.2) is 28.8 Å². The van der Waals surface area contributed by atoms with Crippen molar-refractivity contribution in [3.8, 4) is 0 Å². The fourth-order valence-electron chi connectivity index (χ4n) is 2.72. The zero-order chi connectivity index (χ0) is 17.0. The molecule has 0 spiro atoms. The van der Waals surface area contributed by atoms with E-state index in [0.29, 0.717) is 24.7 Å². The van der Waals surface area contributed by atoms with Crippen molar-refractivity contribution in [2.24, 2.45) is 5.73 Å². The molecular formula is C18H26N4O. The molecule has 2 aromatic rings. The molecule has 2 rings (SSSR count). The van der Waals surface area contributed by atoms with Crippen molar-refractivity contribution in [2.45, 2.75) is 40.2 Å². The lowest BCUT2D eigenvalue weighted by Gasteiger charge is -2.09. The molecule has 0 aliphatic rings. The number of carbonyl (C=O) groups is 1. The molecule has 0 aliphatic carbocycles. The average Bonchev–Trinajstić information content (AvgIpc) is 2.81. The SMILES string of the molecule is Cc1nn(C(C)C)c(C)c1Cc1ccc(C(=O)NCCN)cc1. The molecule has 0 saturated carbocycles. The predicted molar refractivity (Wildman–Crippen MR) is 92.7 cm³/mol. The monoisotopic (exact) mass is 314 g/mol. The number of nitrogens with two attached hydrogens (primary N) is 1. The van der Waals surface area contributed by atoms with Crippen LogP contribution in [0.15, 0.2) is 24.3 Å². The summed E-state index contributed by atoms with van der Waals surface area (Å²) >= 11 is 0. The predicted octanol–water partition coefficient (Wildman–Crippen LogP) is 2.36. The van der Waals surface area contributed by atoms with E-state index in [1.165, 1.54) is 16.8 Å². The fraction of sp³-hybridized carbons (Fsp3) is 0.444. The van der Waals surface area contributed by atoms with Crippen LogP contribution in [0.2, 0.25) is 0 Å². The molecule has 0 aliphatic heterocycles. The third-order valence-electron chi connectivity index (χ3n) is 3.99. The highest BCUT2D eigenvalue weighted by Crippen LogP contribution is 2.20. The Morgan fingerprint density at radius 2 is 1.91 bits per heavy atom.